The van der Waals surface area contributed by atoms with Crippen molar-refractivity contribution in [3.63, 3.8) is 0 Å². The van der Waals surface area contributed by atoms with Crippen molar-refractivity contribution in [1.29, 1.82) is 0 Å². The number of halogens is 1. The van der Waals surface area contributed by atoms with Gasteiger partial charge >= 0.3 is 0 Å². The van der Waals surface area contributed by atoms with E-state index in [2.05, 4.69) is 17.9 Å². The van der Waals surface area contributed by atoms with Gasteiger partial charge in [-0.25, -0.2) is 5.90 Å². The molecular formula is C12H17ClN2O. The number of hydrogen-bond donors (Lipinski definition) is 1. The van der Waals surface area contributed by atoms with Crippen LogP contribution in [0.2, 0.25) is 5.02 Å². The summed E-state index contributed by atoms with van der Waals surface area (Å²) in [6.45, 7) is 3.68. The molecule has 1 aromatic carbocycles. The fourth-order valence-electron chi connectivity index (χ4n) is 2.34. The first-order chi connectivity index (χ1) is 7.74. The van der Waals surface area contributed by atoms with E-state index in [1.807, 2.05) is 12.1 Å². The minimum atomic E-state index is 0.377. The van der Waals surface area contributed by atoms with Gasteiger partial charge in [-0.15, -0.1) is 0 Å². The van der Waals surface area contributed by atoms with Crippen LogP contribution in [0.1, 0.15) is 18.4 Å². The molecule has 88 valence electrons. The van der Waals surface area contributed by atoms with Gasteiger partial charge in [0.2, 0.25) is 0 Å². The van der Waals surface area contributed by atoms with E-state index < -0.39 is 0 Å². The lowest BCUT2D eigenvalue weighted by Gasteiger charge is -2.27. The quantitative estimate of drug-likeness (QED) is 0.826. The highest BCUT2D eigenvalue weighted by molar-refractivity contribution is 6.31. The summed E-state index contributed by atoms with van der Waals surface area (Å²) in [5.41, 5.74) is 2.33. The van der Waals surface area contributed by atoms with Gasteiger partial charge in [0.25, 0.3) is 0 Å². The number of hydrogen-bond acceptors (Lipinski definition) is 3. The molecule has 0 radical (unpaired) electrons. The van der Waals surface area contributed by atoms with E-state index in [9.17, 15) is 0 Å². The number of anilines is 1. The SMILES string of the molecule is Cc1c(Cl)cccc1N1CCCC1CON. The third-order valence-corrected chi connectivity index (χ3v) is 3.62. The van der Waals surface area contributed by atoms with Gasteiger partial charge in [-0.05, 0) is 37.5 Å². The van der Waals surface area contributed by atoms with Crippen LogP contribution in [0.3, 0.4) is 0 Å². The minimum absolute atomic E-state index is 0.377. The Balaban J connectivity index is 2.25. The largest absolute Gasteiger partial charge is 0.366 e. The van der Waals surface area contributed by atoms with E-state index in [4.69, 9.17) is 22.3 Å². The van der Waals surface area contributed by atoms with Gasteiger partial charge in [0.15, 0.2) is 0 Å². The Kier molecular flexibility index (Phi) is 3.69. The van der Waals surface area contributed by atoms with Gasteiger partial charge in [0, 0.05) is 17.3 Å². The lowest BCUT2D eigenvalue weighted by molar-refractivity contribution is 0.124. The van der Waals surface area contributed by atoms with E-state index >= 15 is 0 Å². The standard InChI is InChI=1S/C12H17ClN2O/c1-9-11(13)5-2-6-12(9)15-7-3-4-10(15)8-16-14/h2,5-6,10H,3-4,7-8,14H2,1H3. The molecule has 1 aliphatic heterocycles. The second kappa shape index (κ2) is 5.04. The summed E-state index contributed by atoms with van der Waals surface area (Å²) >= 11 is 6.13. The van der Waals surface area contributed by atoms with E-state index in [0.29, 0.717) is 12.6 Å². The Bertz CT molecular complexity index is 370. The molecule has 0 bridgehead atoms. The fourth-order valence-corrected chi connectivity index (χ4v) is 2.51. The van der Waals surface area contributed by atoms with Gasteiger partial charge in [-0.2, -0.15) is 0 Å². The molecule has 0 aromatic heterocycles. The lowest BCUT2D eigenvalue weighted by atomic mass is 10.1. The zero-order chi connectivity index (χ0) is 11.5. The monoisotopic (exact) mass is 240 g/mol. The lowest BCUT2D eigenvalue weighted by Crippen LogP contribution is -2.34. The smallest absolute Gasteiger partial charge is 0.0882 e. The average Bonchev–Trinajstić information content (AvgIpc) is 2.71. The van der Waals surface area contributed by atoms with Crippen LogP contribution in [0.25, 0.3) is 0 Å². The van der Waals surface area contributed by atoms with Gasteiger partial charge in [-0.1, -0.05) is 17.7 Å². The Labute approximate surface area is 101 Å². The topological polar surface area (TPSA) is 38.5 Å². The first-order valence-corrected chi connectivity index (χ1v) is 5.95. The van der Waals surface area contributed by atoms with Crippen molar-refractivity contribution in [2.75, 3.05) is 18.1 Å². The molecule has 1 unspecified atom stereocenters. The maximum Gasteiger partial charge on any atom is 0.0882 e. The zero-order valence-electron chi connectivity index (χ0n) is 9.45. The van der Waals surface area contributed by atoms with Crippen LogP contribution in [-0.2, 0) is 4.84 Å². The van der Waals surface area contributed by atoms with Crippen molar-refractivity contribution in [3.05, 3.63) is 28.8 Å². The van der Waals surface area contributed by atoms with E-state index in [1.165, 1.54) is 12.1 Å². The molecule has 3 nitrogen and oxygen atoms in total. The Morgan fingerprint density at radius 1 is 1.56 bits per heavy atom. The van der Waals surface area contributed by atoms with Crippen LogP contribution in [0.15, 0.2) is 18.2 Å². The van der Waals surface area contributed by atoms with E-state index in [-0.39, 0.29) is 0 Å². The van der Waals surface area contributed by atoms with Crippen molar-refractivity contribution in [1.82, 2.24) is 0 Å². The highest BCUT2D eigenvalue weighted by Gasteiger charge is 2.26. The molecule has 0 saturated carbocycles. The normalized spacial score (nSPS) is 20.4. The summed E-state index contributed by atoms with van der Waals surface area (Å²) < 4.78 is 0. The maximum absolute atomic E-state index is 6.13. The molecule has 1 saturated heterocycles. The predicted octanol–water partition coefficient (Wildman–Crippen LogP) is 2.51. The van der Waals surface area contributed by atoms with Crippen LogP contribution >= 0.6 is 11.6 Å². The summed E-state index contributed by atoms with van der Waals surface area (Å²) in [4.78, 5) is 7.11. The maximum atomic E-state index is 6.13. The van der Waals surface area contributed by atoms with Gasteiger partial charge < -0.3 is 9.74 Å². The van der Waals surface area contributed by atoms with Crippen LogP contribution in [0.5, 0.6) is 0 Å². The molecule has 0 amide bonds. The molecule has 4 heteroatoms. The molecular weight excluding hydrogens is 224 g/mol. The molecule has 1 aromatic rings. The van der Waals surface area contributed by atoms with Crippen LogP contribution in [0.4, 0.5) is 5.69 Å². The van der Waals surface area contributed by atoms with Gasteiger partial charge in [-0.3, -0.25) is 0 Å². The predicted molar refractivity (Wildman–Crippen MR) is 66.7 cm³/mol. The summed E-state index contributed by atoms with van der Waals surface area (Å²) in [6, 6.07) is 6.40. The number of nitrogens with two attached hydrogens (primary N) is 1. The van der Waals surface area contributed by atoms with Crippen molar-refractivity contribution >= 4 is 17.3 Å². The number of nitrogens with zero attached hydrogens (tertiary/aromatic N) is 1. The molecule has 16 heavy (non-hydrogen) atoms. The highest BCUT2D eigenvalue weighted by Crippen LogP contribution is 2.31. The fraction of sp³-hybridized carbons (Fsp3) is 0.500. The zero-order valence-corrected chi connectivity index (χ0v) is 10.2. The first-order valence-electron chi connectivity index (χ1n) is 5.57. The summed E-state index contributed by atoms with van der Waals surface area (Å²) in [6.07, 6.45) is 2.31. The molecule has 1 heterocycles. The minimum Gasteiger partial charge on any atom is -0.366 e. The second-order valence-corrected chi connectivity index (χ2v) is 4.61. The Morgan fingerprint density at radius 3 is 3.12 bits per heavy atom. The molecule has 2 N–H and O–H groups in total. The molecule has 1 aliphatic rings. The Hall–Kier alpha value is -0.770. The molecule has 0 spiro atoms. The Morgan fingerprint density at radius 2 is 2.38 bits per heavy atom. The average molecular weight is 241 g/mol. The third kappa shape index (κ3) is 2.17. The summed E-state index contributed by atoms with van der Waals surface area (Å²) in [5.74, 6) is 5.16. The van der Waals surface area contributed by atoms with Gasteiger partial charge in [0.05, 0.1) is 12.6 Å². The van der Waals surface area contributed by atoms with Crippen molar-refractivity contribution in [3.8, 4) is 0 Å². The summed E-state index contributed by atoms with van der Waals surface area (Å²) in [7, 11) is 0. The van der Waals surface area contributed by atoms with Crippen LogP contribution < -0.4 is 10.8 Å². The van der Waals surface area contributed by atoms with Crippen molar-refractivity contribution in [2.24, 2.45) is 5.90 Å². The van der Waals surface area contributed by atoms with Crippen molar-refractivity contribution in [2.45, 2.75) is 25.8 Å². The van der Waals surface area contributed by atoms with Crippen molar-refractivity contribution < 1.29 is 4.84 Å². The first kappa shape index (κ1) is 11.7. The highest BCUT2D eigenvalue weighted by atomic mass is 35.5. The van der Waals surface area contributed by atoms with E-state index in [1.54, 1.807) is 0 Å². The van der Waals surface area contributed by atoms with Crippen LogP contribution in [0, 0.1) is 6.92 Å². The molecule has 2 rings (SSSR count). The van der Waals surface area contributed by atoms with E-state index in [0.717, 1.165) is 23.6 Å². The third-order valence-electron chi connectivity index (χ3n) is 3.21. The number of rotatable bonds is 3. The molecule has 0 aliphatic carbocycles. The van der Waals surface area contributed by atoms with Crippen LogP contribution in [-0.4, -0.2) is 19.2 Å². The van der Waals surface area contributed by atoms with Gasteiger partial charge in [0.1, 0.15) is 0 Å². The number of benzene rings is 1. The molecule has 1 atom stereocenters. The second-order valence-electron chi connectivity index (χ2n) is 4.21. The molecule has 1 fully saturated rings. The summed E-state index contributed by atoms with van der Waals surface area (Å²) in [5, 5.41) is 0.816.